The second kappa shape index (κ2) is 10.4. The molecule has 0 aliphatic rings. The molecule has 0 unspecified atom stereocenters. The lowest BCUT2D eigenvalue weighted by Crippen LogP contribution is -2.22. The Morgan fingerprint density at radius 2 is 1.62 bits per heavy atom. The van der Waals surface area contributed by atoms with Gasteiger partial charge in [-0.05, 0) is 48.2 Å². The smallest absolute Gasteiger partial charge is 0.387 e. The zero-order valence-electron chi connectivity index (χ0n) is 14.7. The number of benzene rings is 2. The molecule has 0 saturated carbocycles. The zero-order chi connectivity index (χ0) is 18.8. The molecule has 0 atom stereocenters. The van der Waals surface area contributed by atoms with Crippen LogP contribution in [0.2, 0.25) is 0 Å². The van der Waals surface area contributed by atoms with E-state index >= 15 is 0 Å². The van der Waals surface area contributed by atoms with Crippen molar-refractivity contribution in [2.75, 3.05) is 6.61 Å². The first kappa shape index (κ1) is 19.7. The first-order chi connectivity index (χ1) is 12.6. The molecule has 0 aromatic heterocycles. The van der Waals surface area contributed by atoms with E-state index in [9.17, 15) is 13.6 Å². The highest BCUT2D eigenvalue weighted by molar-refractivity contribution is 5.76. The molecule has 0 aliphatic carbocycles. The fraction of sp³-hybridized carbons (Fsp3) is 0.350. The number of nitrogens with one attached hydrogen (secondary N) is 1. The molecule has 0 aliphatic heterocycles. The summed E-state index contributed by atoms with van der Waals surface area (Å²) in [5.41, 5.74) is 1.88. The first-order valence-corrected chi connectivity index (χ1v) is 8.59. The Bertz CT molecular complexity index is 672. The number of hydrogen-bond donors (Lipinski definition) is 1. The number of ether oxygens (including phenoxy) is 2. The molecule has 26 heavy (non-hydrogen) atoms. The van der Waals surface area contributed by atoms with Crippen molar-refractivity contribution in [2.45, 2.75) is 39.3 Å². The van der Waals surface area contributed by atoms with Crippen LogP contribution in [0, 0.1) is 0 Å². The van der Waals surface area contributed by atoms with Crippen LogP contribution in [-0.4, -0.2) is 19.1 Å². The first-order valence-electron chi connectivity index (χ1n) is 8.59. The Kier molecular flexibility index (Phi) is 7.86. The number of hydrogen-bond acceptors (Lipinski definition) is 3. The van der Waals surface area contributed by atoms with Gasteiger partial charge in [-0.2, -0.15) is 8.78 Å². The van der Waals surface area contributed by atoms with Crippen LogP contribution in [0.1, 0.15) is 30.9 Å². The molecule has 0 bridgehead atoms. The summed E-state index contributed by atoms with van der Waals surface area (Å²) in [5.74, 6) is 0.866. The summed E-state index contributed by atoms with van der Waals surface area (Å²) < 4.78 is 34.0. The summed E-state index contributed by atoms with van der Waals surface area (Å²) in [6, 6.07) is 13.9. The van der Waals surface area contributed by atoms with Gasteiger partial charge in [0, 0.05) is 13.0 Å². The van der Waals surface area contributed by atoms with Crippen LogP contribution in [0.4, 0.5) is 8.78 Å². The van der Waals surface area contributed by atoms with Crippen LogP contribution in [-0.2, 0) is 17.8 Å². The standard InChI is InChI=1S/C20H23F2NO3/c1-2-13-25-17-8-5-16(6-9-17)14-23-19(24)12-7-15-3-10-18(11-4-15)26-20(21)22/h3-6,8-11,20H,2,7,12-14H2,1H3,(H,23,24). The summed E-state index contributed by atoms with van der Waals surface area (Å²) in [5, 5.41) is 2.87. The normalized spacial score (nSPS) is 10.6. The third-order valence-corrected chi connectivity index (χ3v) is 3.68. The topological polar surface area (TPSA) is 47.6 Å². The average Bonchev–Trinajstić information content (AvgIpc) is 2.64. The Labute approximate surface area is 152 Å². The lowest BCUT2D eigenvalue weighted by molar-refractivity contribution is -0.121. The number of alkyl halides is 2. The predicted octanol–water partition coefficient (Wildman–Crippen LogP) is 4.33. The van der Waals surface area contributed by atoms with E-state index in [4.69, 9.17) is 4.74 Å². The number of carbonyl (C=O) groups is 1. The Morgan fingerprint density at radius 3 is 2.23 bits per heavy atom. The summed E-state index contributed by atoms with van der Waals surface area (Å²) >= 11 is 0. The maximum atomic E-state index is 12.1. The second-order valence-corrected chi connectivity index (χ2v) is 5.79. The SMILES string of the molecule is CCCOc1ccc(CNC(=O)CCc2ccc(OC(F)F)cc2)cc1. The Balaban J connectivity index is 1.71. The van der Waals surface area contributed by atoms with Crippen LogP contribution in [0.15, 0.2) is 48.5 Å². The monoisotopic (exact) mass is 363 g/mol. The molecule has 0 saturated heterocycles. The van der Waals surface area contributed by atoms with Crippen LogP contribution < -0.4 is 14.8 Å². The van der Waals surface area contributed by atoms with Gasteiger partial charge in [0.15, 0.2) is 0 Å². The molecule has 140 valence electrons. The highest BCUT2D eigenvalue weighted by Gasteiger charge is 2.06. The lowest BCUT2D eigenvalue weighted by Gasteiger charge is -2.08. The van der Waals surface area contributed by atoms with Gasteiger partial charge in [-0.1, -0.05) is 31.2 Å². The van der Waals surface area contributed by atoms with Crippen molar-refractivity contribution in [3.63, 3.8) is 0 Å². The Morgan fingerprint density at radius 1 is 1.00 bits per heavy atom. The number of amides is 1. The van der Waals surface area contributed by atoms with E-state index in [-0.39, 0.29) is 11.7 Å². The summed E-state index contributed by atoms with van der Waals surface area (Å²) in [7, 11) is 0. The second-order valence-electron chi connectivity index (χ2n) is 5.79. The van der Waals surface area contributed by atoms with Gasteiger partial charge in [0.05, 0.1) is 6.61 Å². The number of rotatable bonds is 10. The third-order valence-electron chi connectivity index (χ3n) is 3.68. The molecular formula is C20H23F2NO3. The molecule has 2 aromatic rings. The summed E-state index contributed by atoms with van der Waals surface area (Å²) in [6.45, 7) is 0.355. The molecule has 4 nitrogen and oxygen atoms in total. The van der Waals surface area contributed by atoms with E-state index in [1.807, 2.05) is 24.3 Å². The van der Waals surface area contributed by atoms with Crippen molar-refractivity contribution < 1.29 is 23.0 Å². The molecule has 1 N–H and O–H groups in total. The van der Waals surface area contributed by atoms with Crippen molar-refractivity contribution in [3.8, 4) is 11.5 Å². The van der Waals surface area contributed by atoms with Crippen molar-refractivity contribution in [1.82, 2.24) is 5.32 Å². The molecule has 2 aromatic carbocycles. The fourth-order valence-electron chi connectivity index (χ4n) is 2.31. The van der Waals surface area contributed by atoms with Crippen molar-refractivity contribution in [3.05, 3.63) is 59.7 Å². The average molecular weight is 363 g/mol. The van der Waals surface area contributed by atoms with Crippen molar-refractivity contribution >= 4 is 5.91 Å². The van der Waals surface area contributed by atoms with E-state index in [0.29, 0.717) is 26.0 Å². The number of carbonyl (C=O) groups excluding carboxylic acids is 1. The minimum Gasteiger partial charge on any atom is -0.494 e. The largest absolute Gasteiger partial charge is 0.494 e. The zero-order valence-corrected chi connectivity index (χ0v) is 14.7. The van der Waals surface area contributed by atoms with E-state index in [1.165, 1.54) is 12.1 Å². The molecule has 0 heterocycles. The predicted molar refractivity (Wildman–Crippen MR) is 95.5 cm³/mol. The van der Waals surface area contributed by atoms with Crippen LogP contribution in [0.3, 0.4) is 0 Å². The van der Waals surface area contributed by atoms with Gasteiger partial charge >= 0.3 is 6.61 Å². The van der Waals surface area contributed by atoms with Gasteiger partial charge in [0.1, 0.15) is 11.5 Å². The molecule has 1 amide bonds. The molecule has 0 spiro atoms. The number of aryl methyl sites for hydroxylation is 1. The molecule has 6 heteroatoms. The van der Waals surface area contributed by atoms with Gasteiger partial charge in [0.2, 0.25) is 5.91 Å². The molecular weight excluding hydrogens is 340 g/mol. The maximum absolute atomic E-state index is 12.1. The van der Waals surface area contributed by atoms with Gasteiger partial charge < -0.3 is 14.8 Å². The van der Waals surface area contributed by atoms with E-state index < -0.39 is 6.61 Å². The molecule has 0 radical (unpaired) electrons. The minimum absolute atomic E-state index is 0.0655. The van der Waals surface area contributed by atoms with E-state index in [0.717, 1.165) is 23.3 Å². The summed E-state index contributed by atoms with van der Waals surface area (Å²) in [6.07, 6.45) is 1.82. The van der Waals surface area contributed by atoms with Crippen LogP contribution in [0.25, 0.3) is 0 Å². The fourth-order valence-corrected chi connectivity index (χ4v) is 2.31. The Hall–Kier alpha value is -2.63. The van der Waals surface area contributed by atoms with E-state index in [2.05, 4.69) is 17.0 Å². The van der Waals surface area contributed by atoms with Gasteiger partial charge in [0.25, 0.3) is 0 Å². The highest BCUT2D eigenvalue weighted by Crippen LogP contribution is 2.16. The lowest BCUT2D eigenvalue weighted by atomic mass is 10.1. The van der Waals surface area contributed by atoms with Gasteiger partial charge in [-0.15, -0.1) is 0 Å². The number of halogens is 2. The van der Waals surface area contributed by atoms with Crippen LogP contribution in [0.5, 0.6) is 11.5 Å². The third kappa shape index (κ3) is 7.09. The summed E-state index contributed by atoms with van der Waals surface area (Å²) in [4.78, 5) is 12.0. The maximum Gasteiger partial charge on any atom is 0.387 e. The van der Waals surface area contributed by atoms with Gasteiger partial charge in [-0.25, -0.2) is 0 Å². The van der Waals surface area contributed by atoms with E-state index in [1.54, 1.807) is 12.1 Å². The minimum atomic E-state index is -2.83. The highest BCUT2D eigenvalue weighted by atomic mass is 19.3. The van der Waals surface area contributed by atoms with Crippen molar-refractivity contribution in [1.29, 1.82) is 0 Å². The van der Waals surface area contributed by atoms with Crippen LogP contribution >= 0.6 is 0 Å². The molecule has 2 rings (SSSR count). The van der Waals surface area contributed by atoms with Gasteiger partial charge in [-0.3, -0.25) is 4.79 Å². The molecule has 0 fully saturated rings. The van der Waals surface area contributed by atoms with Crippen molar-refractivity contribution in [2.24, 2.45) is 0 Å². The quantitative estimate of drug-likeness (QED) is 0.684.